The minimum atomic E-state index is -0.198. The lowest BCUT2D eigenvalue weighted by Crippen LogP contribution is -2.38. The summed E-state index contributed by atoms with van der Waals surface area (Å²) in [4.78, 5) is 25.4. The zero-order valence-electron chi connectivity index (χ0n) is 10.6. The number of amides is 2. The number of benzene rings is 1. The molecule has 0 saturated carbocycles. The van der Waals surface area contributed by atoms with Crippen molar-refractivity contribution in [3.63, 3.8) is 0 Å². The average molecular weight is 246 g/mol. The molecule has 0 spiro atoms. The van der Waals surface area contributed by atoms with Crippen LogP contribution in [0.4, 0.5) is 0 Å². The van der Waals surface area contributed by atoms with Crippen LogP contribution in [0, 0.1) is 5.92 Å². The number of nitrogens with zero attached hydrogens (tertiary/aromatic N) is 1. The molecule has 18 heavy (non-hydrogen) atoms. The second-order valence-corrected chi connectivity index (χ2v) is 4.78. The van der Waals surface area contributed by atoms with E-state index in [-0.39, 0.29) is 18.4 Å². The highest BCUT2D eigenvalue weighted by Gasteiger charge is 2.23. The van der Waals surface area contributed by atoms with Gasteiger partial charge in [0.2, 0.25) is 5.91 Å². The Labute approximate surface area is 107 Å². The molecule has 1 unspecified atom stereocenters. The molecule has 0 aliphatic carbocycles. The second kappa shape index (κ2) is 5.67. The third-order valence-electron chi connectivity index (χ3n) is 3.21. The highest BCUT2D eigenvalue weighted by atomic mass is 16.2. The van der Waals surface area contributed by atoms with Gasteiger partial charge in [-0.25, -0.2) is 0 Å². The van der Waals surface area contributed by atoms with Gasteiger partial charge in [0, 0.05) is 18.7 Å². The predicted octanol–water partition coefficient (Wildman–Crippen LogP) is 1.28. The standard InChI is InChI=1S/C14H18N2O2/c1-11-7-8-16(10-11)13(17)9-15-14(18)12-5-3-2-4-6-12/h2-6,11H,7-10H2,1H3,(H,15,18). The minimum absolute atomic E-state index is 0.00336. The van der Waals surface area contributed by atoms with Crippen molar-refractivity contribution in [2.45, 2.75) is 13.3 Å². The first kappa shape index (κ1) is 12.6. The average Bonchev–Trinajstić information content (AvgIpc) is 2.83. The Morgan fingerprint density at radius 3 is 2.67 bits per heavy atom. The van der Waals surface area contributed by atoms with Crippen LogP contribution in [0.15, 0.2) is 30.3 Å². The zero-order chi connectivity index (χ0) is 13.0. The molecule has 1 aliphatic rings. The molecule has 96 valence electrons. The van der Waals surface area contributed by atoms with Crippen LogP contribution in [0.2, 0.25) is 0 Å². The molecule has 1 aromatic carbocycles. The summed E-state index contributed by atoms with van der Waals surface area (Å²) in [5, 5.41) is 2.66. The van der Waals surface area contributed by atoms with Crippen LogP contribution in [-0.2, 0) is 4.79 Å². The Balaban J connectivity index is 1.81. The second-order valence-electron chi connectivity index (χ2n) is 4.78. The van der Waals surface area contributed by atoms with E-state index in [4.69, 9.17) is 0 Å². The lowest BCUT2D eigenvalue weighted by Gasteiger charge is -2.16. The van der Waals surface area contributed by atoms with Gasteiger partial charge in [0.1, 0.15) is 0 Å². The summed E-state index contributed by atoms with van der Waals surface area (Å²) in [5.74, 6) is 0.374. The van der Waals surface area contributed by atoms with Gasteiger partial charge in [-0.05, 0) is 24.5 Å². The number of carbonyl (C=O) groups is 2. The van der Waals surface area contributed by atoms with E-state index in [9.17, 15) is 9.59 Å². The summed E-state index contributed by atoms with van der Waals surface area (Å²) in [6.45, 7) is 3.83. The fourth-order valence-corrected chi connectivity index (χ4v) is 2.12. The van der Waals surface area contributed by atoms with Gasteiger partial charge in [-0.1, -0.05) is 25.1 Å². The van der Waals surface area contributed by atoms with Crippen molar-refractivity contribution in [3.8, 4) is 0 Å². The number of nitrogens with one attached hydrogen (secondary N) is 1. The molecular weight excluding hydrogens is 228 g/mol. The van der Waals surface area contributed by atoms with E-state index in [2.05, 4.69) is 12.2 Å². The summed E-state index contributed by atoms with van der Waals surface area (Å²) in [5.41, 5.74) is 0.583. The van der Waals surface area contributed by atoms with Gasteiger partial charge < -0.3 is 10.2 Å². The van der Waals surface area contributed by atoms with Gasteiger partial charge in [-0.2, -0.15) is 0 Å². The quantitative estimate of drug-likeness (QED) is 0.873. The summed E-state index contributed by atoms with van der Waals surface area (Å²) >= 11 is 0. The van der Waals surface area contributed by atoms with Crippen LogP contribution in [0.3, 0.4) is 0 Å². The van der Waals surface area contributed by atoms with E-state index < -0.39 is 0 Å². The zero-order valence-corrected chi connectivity index (χ0v) is 10.6. The maximum atomic E-state index is 11.8. The maximum absolute atomic E-state index is 11.8. The van der Waals surface area contributed by atoms with Gasteiger partial charge in [-0.15, -0.1) is 0 Å². The van der Waals surface area contributed by atoms with Gasteiger partial charge in [-0.3, -0.25) is 9.59 Å². The number of likely N-dealkylation sites (tertiary alicyclic amines) is 1. The molecule has 1 saturated heterocycles. The van der Waals surface area contributed by atoms with Gasteiger partial charge >= 0.3 is 0 Å². The first-order chi connectivity index (χ1) is 8.66. The van der Waals surface area contributed by atoms with Crippen molar-refractivity contribution in [3.05, 3.63) is 35.9 Å². The predicted molar refractivity (Wildman–Crippen MR) is 69.1 cm³/mol. The lowest BCUT2D eigenvalue weighted by molar-refractivity contribution is -0.129. The van der Waals surface area contributed by atoms with E-state index in [1.807, 2.05) is 11.0 Å². The van der Waals surface area contributed by atoms with Gasteiger partial charge in [0.25, 0.3) is 5.91 Å². The van der Waals surface area contributed by atoms with E-state index in [0.717, 1.165) is 19.5 Å². The highest BCUT2D eigenvalue weighted by molar-refractivity contribution is 5.96. The van der Waals surface area contributed by atoms with Crippen molar-refractivity contribution in [1.29, 1.82) is 0 Å². The number of hydrogen-bond donors (Lipinski definition) is 1. The Morgan fingerprint density at radius 1 is 1.33 bits per heavy atom. The molecule has 1 N–H and O–H groups in total. The molecule has 1 fully saturated rings. The third kappa shape index (κ3) is 3.09. The van der Waals surface area contributed by atoms with Crippen molar-refractivity contribution < 1.29 is 9.59 Å². The van der Waals surface area contributed by atoms with Crippen LogP contribution >= 0.6 is 0 Å². The summed E-state index contributed by atoms with van der Waals surface area (Å²) in [6.07, 6.45) is 1.05. The number of carbonyl (C=O) groups excluding carboxylic acids is 2. The smallest absolute Gasteiger partial charge is 0.251 e. The van der Waals surface area contributed by atoms with Crippen LogP contribution in [0.5, 0.6) is 0 Å². The van der Waals surface area contributed by atoms with Crippen LogP contribution < -0.4 is 5.32 Å². The van der Waals surface area contributed by atoms with Crippen LogP contribution in [0.1, 0.15) is 23.7 Å². The summed E-state index contributed by atoms with van der Waals surface area (Å²) in [7, 11) is 0. The van der Waals surface area contributed by atoms with Crippen LogP contribution in [0.25, 0.3) is 0 Å². The first-order valence-electron chi connectivity index (χ1n) is 6.28. The molecule has 1 aromatic rings. The monoisotopic (exact) mass is 246 g/mol. The molecule has 0 radical (unpaired) electrons. The summed E-state index contributed by atoms with van der Waals surface area (Å²) < 4.78 is 0. The summed E-state index contributed by atoms with van der Waals surface area (Å²) in [6, 6.07) is 8.93. The van der Waals surface area contributed by atoms with Crippen molar-refractivity contribution in [2.75, 3.05) is 19.6 Å². The van der Waals surface area contributed by atoms with Crippen molar-refractivity contribution >= 4 is 11.8 Å². The van der Waals surface area contributed by atoms with E-state index in [1.165, 1.54) is 0 Å². The minimum Gasteiger partial charge on any atom is -0.343 e. The number of rotatable bonds is 3. The maximum Gasteiger partial charge on any atom is 0.251 e. The molecule has 0 bridgehead atoms. The lowest BCUT2D eigenvalue weighted by atomic mass is 10.2. The van der Waals surface area contributed by atoms with E-state index in [1.54, 1.807) is 24.3 Å². The fraction of sp³-hybridized carbons (Fsp3) is 0.429. The van der Waals surface area contributed by atoms with E-state index in [0.29, 0.717) is 11.5 Å². The SMILES string of the molecule is CC1CCN(C(=O)CNC(=O)c2ccccc2)C1. The molecule has 4 nitrogen and oxygen atoms in total. The highest BCUT2D eigenvalue weighted by Crippen LogP contribution is 2.14. The molecule has 1 heterocycles. The first-order valence-corrected chi connectivity index (χ1v) is 6.28. The number of hydrogen-bond acceptors (Lipinski definition) is 2. The van der Waals surface area contributed by atoms with Crippen molar-refractivity contribution in [1.82, 2.24) is 10.2 Å². The fourth-order valence-electron chi connectivity index (χ4n) is 2.12. The van der Waals surface area contributed by atoms with Gasteiger partial charge in [0.15, 0.2) is 0 Å². The molecule has 1 atom stereocenters. The Morgan fingerprint density at radius 2 is 2.06 bits per heavy atom. The largest absolute Gasteiger partial charge is 0.343 e. The molecule has 4 heteroatoms. The Bertz CT molecular complexity index is 431. The Kier molecular flexibility index (Phi) is 3.97. The molecular formula is C14H18N2O2. The normalized spacial score (nSPS) is 18.7. The van der Waals surface area contributed by atoms with Crippen LogP contribution in [-0.4, -0.2) is 36.3 Å². The molecule has 1 aliphatic heterocycles. The van der Waals surface area contributed by atoms with E-state index >= 15 is 0 Å². The topological polar surface area (TPSA) is 49.4 Å². The van der Waals surface area contributed by atoms with Gasteiger partial charge in [0.05, 0.1) is 6.54 Å². The van der Waals surface area contributed by atoms with Crippen molar-refractivity contribution in [2.24, 2.45) is 5.92 Å². The molecule has 2 amide bonds. The molecule has 2 rings (SSSR count). The molecule has 0 aromatic heterocycles. The third-order valence-corrected chi connectivity index (χ3v) is 3.21. The Hall–Kier alpha value is -1.84.